The van der Waals surface area contributed by atoms with Gasteiger partial charge in [-0.05, 0) is 69.1 Å². The molecule has 3 rings (SSSR count). The first-order valence-electron chi connectivity index (χ1n) is 9.55. The van der Waals surface area contributed by atoms with Crippen LogP contribution in [0.15, 0.2) is 53.4 Å². The van der Waals surface area contributed by atoms with Crippen molar-refractivity contribution in [3.63, 3.8) is 0 Å². The Morgan fingerprint density at radius 1 is 1.10 bits per heavy atom. The van der Waals surface area contributed by atoms with Gasteiger partial charge in [0.25, 0.3) is 0 Å². The second-order valence-electron chi connectivity index (χ2n) is 6.75. The SMILES string of the molecule is CCOC(=O)c1ccccc1SC1CCN(CCc2ccc(F)cc2)CC1.Cl.Cl. The maximum atomic E-state index is 13.0. The van der Waals surface area contributed by atoms with Crippen molar-refractivity contribution in [3.8, 4) is 0 Å². The molecule has 0 aromatic heterocycles. The Hall–Kier alpha value is -1.27. The first-order chi connectivity index (χ1) is 13.2. The van der Waals surface area contributed by atoms with Gasteiger partial charge in [-0.1, -0.05) is 24.3 Å². The van der Waals surface area contributed by atoms with Gasteiger partial charge in [0.2, 0.25) is 0 Å². The van der Waals surface area contributed by atoms with E-state index in [1.54, 1.807) is 11.8 Å². The largest absolute Gasteiger partial charge is 0.462 e. The highest BCUT2D eigenvalue weighted by Gasteiger charge is 2.22. The van der Waals surface area contributed by atoms with Gasteiger partial charge in [0.05, 0.1) is 12.2 Å². The maximum Gasteiger partial charge on any atom is 0.339 e. The first kappa shape index (κ1) is 25.8. The molecule has 0 radical (unpaired) electrons. The summed E-state index contributed by atoms with van der Waals surface area (Å²) in [5.41, 5.74) is 1.85. The summed E-state index contributed by atoms with van der Waals surface area (Å²) in [5.74, 6) is -0.419. The number of halogens is 3. The van der Waals surface area contributed by atoms with E-state index in [2.05, 4.69) is 4.90 Å². The van der Waals surface area contributed by atoms with E-state index in [9.17, 15) is 9.18 Å². The van der Waals surface area contributed by atoms with Crippen LogP contribution in [-0.2, 0) is 11.2 Å². The first-order valence-corrected chi connectivity index (χ1v) is 10.4. The smallest absolute Gasteiger partial charge is 0.339 e. The zero-order valence-corrected chi connectivity index (χ0v) is 19.0. The van der Waals surface area contributed by atoms with E-state index in [-0.39, 0.29) is 36.6 Å². The molecule has 0 saturated carbocycles. The van der Waals surface area contributed by atoms with Gasteiger partial charge in [-0.3, -0.25) is 0 Å². The number of rotatable bonds is 7. The van der Waals surface area contributed by atoms with Crippen LogP contribution in [0.5, 0.6) is 0 Å². The lowest BCUT2D eigenvalue weighted by Gasteiger charge is -2.31. The number of carbonyl (C=O) groups excluding carboxylic acids is 1. The molecule has 3 nitrogen and oxygen atoms in total. The Bertz CT molecular complexity index is 753. The lowest BCUT2D eigenvalue weighted by atomic mass is 10.1. The zero-order valence-electron chi connectivity index (χ0n) is 16.5. The molecular formula is C22H28Cl2FNO2S. The molecule has 2 aromatic rings. The van der Waals surface area contributed by atoms with Crippen molar-refractivity contribution >= 4 is 42.5 Å². The monoisotopic (exact) mass is 459 g/mol. The summed E-state index contributed by atoms with van der Waals surface area (Å²) in [6.07, 6.45) is 3.15. The van der Waals surface area contributed by atoms with Crippen LogP contribution in [-0.4, -0.2) is 42.4 Å². The molecule has 1 aliphatic rings. The second kappa shape index (κ2) is 13.1. The van der Waals surface area contributed by atoms with Gasteiger partial charge in [-0.2, -0.15) is 0 Å². The Kier molecular flexibility index (Phi) is 11.7. The highest BCUT2D eigenvalue weighted by molar-refractivity contribution is 8.00. The lowest BCUT2D eigenvalue weighted by Crippen LogP contribution is -2.36. The molecular weight excluding hydrogens is 432 g/mol. The molecule has 1 heterocycles. The van der Waals surface area contributed by atoms with Crippen LogP contribution in [0.3, 0.4) is 0 Å². The number of piperidine rings is 1. The molecule has 0 unspecified atom stereocenters. The molecule has 7 heteroatoms. The van der Waals surface area contributed by atoms with Crippen molar-refractivity contribution in [1.82, 2.24) is 4.90 Å². The summed E-state index contributed by atoms with van der Waals surface area (Å²) in [7, 11) is 0. The van der Waals surface area contributed by atoms with Crippen LogP contribution in [0.2, 0.25) is 0 Å². The number of ether oxygens (including phenoxy) is 1. The maximum absolute atomic E-state index is 13.0. The third-order valence-corrected chi connectivity index (χ3v) is 6.26. The number of esters is 1. The average molecular weight is 460 g/mol. The van der Waals surface area contributed by atoms with Crippen LogP contribution in [0.1, 0.15) is 35.7 Å². The molecule has 160 valence electrons. The molecule has 0 bridgehead atoms. The van der Waals surface area contributed by atoms with E-state index >= 15 is 0 Å². The summed E-state index contributed by atoms with van der Waals surface area (Å²) in [5, 5.41) is 0.516. The third-order valence-electron chi connectivity index (χ3n) is 4.84. The van der Waals surface area contributed by atoms with Crippen LogP contribution in [0.25, 0.3) is 0 Å². The highest BCUT2D eigenvalue weighted by atomic mass is 35.5. The zero-order chi connectivity index (χ0) is 19.1. The predicted molar refractivity (Wildman–Crippen MR) is 122 cm³/mol. The van der Waals surface area contributed by atoms with E-state index in [0.29, 0.717) is 17.4 Å². The number of hydrogen-bond acceptors (Lipinski definition) is 4. The number of nitrogens with zero attached hydrogens (tertiary/aromatic N) is 1. The summed E-state index contributed by atoms with van der Waals surface area (Å²) in [6.45, 7) is 5.34. The number of carbonyl (C=O) groups is 1. The fraction of sp³-hybridized carbons (Fsp3) is 0.409. The molecule has 1 aliphatic heterocycles. The van der Waals surface area contributed by atoms with E-state index < -0.39 is 0 Å². The van der Waals surface area contributed by atoms with Gasteiger partial charge in [0, 0.05) is 16.7 Å². The molecule has 29 heavy (non-hydrogen) atoms. The Balaban J connectivity index is 0.00000210. The minimum absolute atomic E-state index is 0. The summed E-state index contributed by atoms with van der Waals surface area (Å²) in [4.78, 5) is 15.6. The fourth-order valence-electron chi connectivity index (χ4n) is 3.32. The van der Waals surface area contributed by atoms with Crippen LogP contribution in [0.4, 0.5) is 4.39 Å². The molecule has 1 saturated heterocycles. The van der Waals surface area contributed by atoms with Crippen molar-refractivity contribution in [3.05, 3.63) is 65.5 Å². The van der Waals surface area contributed by atoms with Crippen LogP contribution < -0.4 is 0 Å². The van der Waals surface area contributed by atoms with Crippen molar-refractivity contribution in [2.45, 2.75) is 36.3 Å². The number of hydrogen-bond donors (Lipinski definition) is 0. The van der Waals surface area contributed by atoms with Gasteiger partial charge in [0.1, 0.15) is 5.82 Å². The molecule has 0 N–H and O–H groups in total. The van der Waals surface area contributed by atoms with E-state index in [1.807, 2.05) is 43.3 Å². The molecule has 0 aliphatic carbocycles. The minimum Gasteiger partial charge on any atom is -0.462 e. The van der Waals surface area contributed by atoms with Crippen LogP contribution in [0, 0.1) is 5.82 Å². The second-order valence-corrected chi connectivity index (χ2v) is 8.09. The molecule has 0 spiro atoms. The van der Waals surface area contributed by atoms with Crippen molar-refractivity contribution in [2.24, 2.45) is 0 Å². The average Bonchev–Trinajstić information content (AvgIpc) is 2.69. The van der Waals surface area contributed by atoms with Crippen LogP contribution >= 0.6 is 36.6 Å². The summed E-state index contributed by atoms with van der Waals surface area (Å²) >= 11 is 1.79. The van der Waals surface area contributed by atoms with Gasteiger partial charge < -0.3 is 9.64 Å². The molecule has 0 atom stereocenters. The lowest BCUT2D eigenvalue weighted by molar-refractivity contribution is 0.0522. The van der Waals surface area contributed by atoms with Gasteiger partial charge in [-0.15, -0.1) is 36.6 Å². The topological polar surface area (TPSA) is 29.5 Å². The molecule has 0 amide bonds. The van der Waals surface area contributed by atoms with E-state index in [0.717, 1.165) is 43.8 Å². The minimum atomic E-state index is -0.239. The van der Waals surface area contributed by atoms with Gasteiger partial charge in [-0.25, -0.2) is 9.18 Å². The molecule has 2 aromatic carbocycles. The third kappa shape index (κ3) is 7.82. The number of benzene rings is 2. The summed E-state index contributed by atoms with van der Waals surface area (Å²) in [6, 6.07) is 14.5. The normalized spacial score (nSPS) is 14.6. The predicted octanol–water partition coefficient (Wildman–Crippen LogP) is 5.65. The van der Waals surface area contributed by atoms with Gasteiger partial charge in [0.15, 0.2) is 0 Å². The van der Waals surface area contributed by atoms with Crippen molar-refractivity contribution in [1.29, 1.82) is 0 Å². The van der Waals surface area contributed by atoms with Crippen molar-refractivity contribution < 1.29 is 13.9 Å². The number of likely N-dealkylation sites (tertiary alicyclic amines) is 1. The quantitative estimate of drug-likeness (QED) is 0.500. The standard InChI is InChI=1S/C22H26FNO2S.2ClH/c1-2-26-22(25)20-5-3-4-6-21(20)27-19-12-15-24(16-13-19)14-11-17-7-9-18(23)10-8-17;;/h3-10,19H,2,11-16H2,1H3;2*1H. The highest BCUT2D eigenvalue weighted by Crippen LogP contribution is 2.33. The van der Waals surface area contributed by atoms with E-state index in [1.165, 1.54) is 17.7 Å². The fourth-order valence-corrected chi connectivity index (χ4v) is 4.56. The Morgan fingerprint density at radius 2 is 1.76 bits per heavy atom. The Morgan fingerprint density at radius 3 is 2.41 bits per heavy atom. The number of thioether (sulfide) groups is 1. The van der Waals surface area contributed by atoms with Gasteiger partial charge >= 0.3 is 5.97 Å². The van der Waals surface area contributed by atoms with E-state index in [4.69, 9.17) is 4.74 Å². The summed E-state index contributed by atoms with van der Waals surface area (Å²) < 4.78 is 18.2. The molecule has 1 fully saturated rings. The Labute approximate surface area is 189 Å². The van der Waals surface area contributed by atoms with Crippen molar-refractivity contribution in [2.75, 3.05) is 26.2 Å².